The number of amides is 1. The molecule has 0 radical (unpaired) electrons. The molecule has 4 heteroatoms. The number of rotatable bonds is 3. The third-order valence-electron chi connectivity index (χ3n) is 4.10. The van der Waals surface area contributed by atoms with Crippen LogP contribution in [-0.4, -0.2) is 35.5 Å². The van der Waals surface area contributed by atoms with Crippen LogP contribution in [0.1, 0.15) is 39.5 Å². The van der Waals surface area contributed by atoms with Crippen molar-refractivity contribution in [3.8, 4) is 0 Å². The van der Waals surface area contributed by atoms with Crippen LogP contribution < -0.4 is 10.6 Å². The van der Waals surface area contributed by atoms with Crippen LogP contribution >= 0.6 is 11.8 Å². The van der Waals surface area contributed by atoms with E-state index in [9.17, 15) is 4.79 Å². The summed E-state index contributed by atoms with van der Waals surface area (Å²) in [6.07, 6.45) is 4.67. The van der Waals surface area contributed by atoms with Crippen molar-refractivity contribution >= 4 is 17.7 Å². The average Bonchev–Trinajstić information content (AvgIpc) is 2.78. The molecule has 2 saturated heterocycles. The molecule has 1 amide bonds. The molecule has 0 aliphatic carbocycles. The third-order valence-corrected chi connectivity index (χ3v) is 5.62. The van der Waals surface area contributed by atoms with Crippen LogP contribution in [0.2, 0.25) is 0 Å². The Balaban J connectivity index is 1.84. The summed E-state index contributed by atoms with van der Waals surface area (Å²) in [7, 11) is 0. The van der Waals surface area contributed by atoms with Crippen LogP contribution in [0.3, 0.4) is 0 Å². The number of hydrogen-bond acceptors (Lipinski definition) is 3. The van der Waals surface area contributed by atoms with Gasteiger partial charge in [-0.1, -0.05) is 0 Å². The minimum atomic E-state index is -0.170. The van der Waals surface area contributed by atoms with Gasteiger partial charge in [0.25, 0.3) is 0 Å². The summed E-state index contributed by atoms with van der Waals surface area (Å²) in [6.45, 7) is 6.42. The first-order valence-electron chi connectivity index (χ1n) is 6.77. The predicted octanol–water partition coefficient (Wildman–Crippen LogP) is 1.78. The summed E-state index contributed by atoms with van der Waals surface area (Å²) in [6, 6.07) is 0.299. The van der Waals surface area contributed by atoms with Crippen LogP contribution in [0.15, 0.2) is 0 Å². The molecule has 0 saturated carbocycles. The molecular formula is C13H24N2OS. The van der Waals surface area contributed by atoms with E-state index < -0.39 is 0 Å². The van der Waals surface area contributed by atoms with Gasteiger partial charge in [-0.3, -0.25) is 4.79 Å². The topological polar surface area (TPSA) is 41.1 Å². The number of thioether (sulfide) groups is 1. The highest BCUT2D eigenvalue weighted by Crippen LogP contribution is 2.38. The lowest BCUT2D eigenvalue weighted by molar-refractivity contribution is -0.124. The highest BCUT2D eigenvalue weighted by atomic mass is 32.2. The molecule has 2 rings (SSSR count). The van der Waals surface area contributed by atoms with Crippen LogP contribution in [0.25, 0.3) is 0 Å². The van der Waals surface area contributed by atoms with Gasteiger partial charge in [-0.2, -0.15) is 0 Å². The van der Waals surface area contributed by atoms with Gasteiger partial charge in [0.15, 0.2) is 0 Å². The van der Waals surface area contributed by atoms with Crippen molar-refractivity contribution in [2.75, 3.05) is 18.8 Å². The van der Waals surface area contributed by atoms with E-state index in [1.807, 2.05) is 11.8 Å². The lowest BCUT2D eigenvalue weighted by Gasteiger charge is -2.31. The van der Waals surface area contributed by atoms with Gasteiger partial charge in [0.1, 0.15) is 0 Å². The van der Waals surface area contributed by atoms with Gasteiger partial charge in [0.2, 0.25) is 5.91 Å². The largest absolute Gasteiger partial charge is 0.352 e. The average molecular weight is 256 g/mol. The summed E-state index contributed by atoms with van der Waals surface area (Å²) in [5.41, 5.74) is 0. The maximum absolute atomic E-state index is 12.3. The molecule has 0 aromatic rings. The van der Waals surface area contributed by atoms with E-state index in [1.165, 1.54) is 19.3 Å². The molecule has 2 aliphatic heterocycles. The van der Waals surface area contributed by atoms with Crippen molar-refractivity contribution in [2.24, 2.45) is 5.92 Å². The Morgan fingerprint density at radius 3 is 2.94 bits per heavy atom. The van der Waals surface area contributed by atoms with Crippen LogP contribution in [-0.2, 0) is 4.79 Å². The van der Waals surface area contributed by atoms with Crippen molar-refractivity contribution in [2.45, 2.75) is 50.3 Å². The van der Waals surface area contributed by atoms with Crippen molar-refractivity contribution in [1.82, 2.24) is 10.6 Å². The van der Waals surface area contributed by atoms with Crippen LogP contribution in [0, 0.1) is 5.92 Å². The molecule has 3 atom stereocenters. The van der Waals surface area contributed by atoms with E-state index in [0.717, 1.165) is 25.3 Å². The van der Waals surface area contributed by atoms with E-state index in [4.69, 9.17) is 0 Å². The van der Waals surface area contributed by atoms with Gasteiger partial charge < -0.3 is 10.6 Å². The number of carbonyl (C=O) groups is 1. The number of carbonyl (C=O) groups excluding carboxylic acids is 1. The molecule has 17 heavy (non-hydrogen) atoms. The quantitative estimate of drug-likeness (QED) is 0.809. The summed E-state index contributed by atoms with van der Waals surface area (Å²) in [4.78, 5) is 12.3. The first-order chi connectivity index (χ1) is 8.12. The molecular weight excluding hydrogens is 232 g/mol. The molecule has 98 valence electrons. The minimum Gasteiger partial charge on any atom is -0.352 e. The van der Waals surface area contributed by atoms with Crippen molar-refractivity contribution < 1.29 is 4.79 Å². The summed E-state index contributed by atoms with van der Waals surface area (Å²) in [5, 5.41) is 6.64. The summed E-state index contributed by atoms with van der Waals surface area (Å²) < 4.78 is -0.170. The van der Waals surface area contributed by atoms with Gasteiger partial charge in [-0.15, -0.1) is 11.8 Å². The second kappa shape index (κ2) is 5.61. The number of piperidine rings is 1. The van der Waals surface area contributed by atoms with Gasteiger partial charge in [0, 0.05) is 6.04 Å². The lowest BCUT2D eigenvalue weighted by atomic mass is 9.92. The Labute approximate surface area is 108 Å². The molecule has 2 N–H and O–H groups in total. The monoisotopic (exact) mass is 256 g/mol. The Kier molecular flexibility index (Phi) is 4.36. The molecule has 0 aromatic heterocycles. The van der Waals surface area contributed by atoms with Gasteiger partial charge in [-0.25, -0.2) is 0 Å². The smallest absolute Gasteiger partial charge is 0.236 e. The first kappa shape index (κ1) is 13.2. The van der Waals surface area contributed by atoms with Crippen molar-refractivity contribution in [1.29, 1.82) is 0 Å². The fourth-order valence-corrected chi connectivity index (χ4v) is 3.96. The van der Waals surface area contributed by atoms with Gasteiger partial charge in [-0.05, 0) is 64.3 Å². The van der Waals surface area contributed by atoms with E-state index in [0.29, 0.717) is 12.0 Å². The highest BCUT2D eigenvalue weighted by Gasteiger charge is 2.38. The Hall–Kier alpha value is -0.220. The molecule has 0 bridgehead atoms. The maximum Gasteiger partial charge on any atom is 0.236 e. The standard InChI is InChI=1S/C13H24N2OS/c1-10(11-5-3-7-14-9-11)15-12(16)13(2)6-4-8-17-13/h10-11,14H,3-9H2,1-2H3,(H,15,16). The Morgan fingerprint density at radius 1 is 1.53 bits per heavy atom. The van der Waals surface area contributed by atoms with Crippen LogP contribution in [0.5, 0.6) is 0 Å². The summed E-state index contributed by atoms with van der Waals surface area (Å²) in [5.74, 6) is 1.98. The zero-order valence-corrected chi connectivity index (χ0v) is 11.7. The second-order valence-electron chi connectivity index (χ2n) is 5.55. The van der Waals surface area contributed by atoms with Crippen molar-refractivity contribution in [3.63, 3.8) is 0 Å². The maximum atomic E-state index is 12.3. The number of nitrogens with one attached hydrogen (secondary N) is 2. The third kappa shape index (κ3) is 3.16. The zero-order valence-electron chi connectivity index (χ0n) is 10.9. The highest BCUT2D eigenvalue weighted by molar-refractivity contribution is 8.01. The van der Waals surface area contributed by atoms with E-state index in [-0.39, 0.29) is 10.7 Å². The molecule has 0 aromatic carbocycles. The van der Waals surface area contributed by atoms with E-state index >= 15 is 0 Å². The fourth-order valence-electron chi connectivity index (χ4n) is 2.74. The first-order valence-corrected chi connectivity index (χ1v) is 7.76. The van der Waals surface area contributed by atoms with Crippen LogP contribution in [0.4, 0.5) is 0 Å². The molecule has 2 fully saturated rings. The van der Waals surface area contributed by atoms with Gasteiger partial charge >= 0.3 is 0 Å². The van der Waals surface area contributed by atoms with E-state index in [2.05, 4.69) is 24.5 Å². The SMILES string of the molecule is CC(NC(=O)C1(C)CCCS1)C1CCCNC1. The fraction of sp³-hybridized carbons (Fsp3) is 0.923. The predicted molar refractivity (Wildman–Crippen MR) is 73.3 cm³/mol. The Bertz CT molecular complexity index is 271. The molecule has 0 spiro atoms. The number of hydrogen-bond donors (Lipinski definition) is 2. The van der Waals surface area contributed by atoms with E-state index in [1.54, 1.807) is 0 Å². The zero-order chi connectivity index (χ0) is 12.3. The van der Waals surface area contributed by atoms with Gasteiger partial charge in [0.05, 0.1) is 4.75 Å². The normalized spacial score (nSPS) is 35.5. The second-order valence-corrected chi connectivity index (χ2v) is 7.15. The minimum absolute atomic E-state index is 0.170. The lowest BCUT2D eigenvalue weighted by Crippen LogP contribution is -2.49. The molecule has 2 aliphatic rings. The summed E-state index contributed by atoms with van der Waals surface area (Å²) >= 11 is 1.81. The molecule has 3 nitrogen and oxygen atoms in total. The van der Waals surface area contributed by atoms with Crippen molar-refractivity contribution in [3.05, 3.63) is 0 Å². The molecule has 2 heterocycles. The Morgan fingerprint density at radius 2 is 2.35 bits per heavy atom. The molecule has 3 unspecified atom stereocenters.